The van der Waals surface area contributed by atoms with Crippen LogP contribution in [-0.2, 0) is 4.74 Å². The van der Waals surface area contributed by atoms with Crippen molar-refractivity contribution in [3.63, 3.8) is 0 Å². The van der Waals surface area contributed by atoms with Crippen LogP contribution in [0.5, 0.6) is 5.75 Å². The van der Waals surface area contributed by atoms with Gasteiger partial charge in [0.25, 0.3) is 0 Å². The largest absolute Gasteiger partial charge is 0.494 e. The molecule has 0 bridgehead atoms. The topological polar surface area (TPSA) is 54.8 Å². The van der Waals surface area contributed by atoms with Gasteiger partial charge in [-0.15, -0.1) is 0 Å². The molecule has 2 aromatic heterocycles. The fourth-order valence-electron chi connectivity index (χ4n) is 5.94. The van der Waals surface area contributed by atoms with Crippen molar-refractivity contribution >= 4 is 28.7 Å². The maximum absolute atomic E-state index is 5.95. The van der Waals surface area contributed by atoms with E-state index in [9.17, 15) is 0 Å². The van der Waals surface area contributed by atoms with Crippen LogP contribution in [0, 0.1) is 13.8 Å². The van der Waals surface area contributed by atoms with Gasteiger partial charge in [0.2, 0.25) is 0 Å². The van der Waals surface area contributed by atoms with Gasteiger partial charge in [-0.3, -0.25) is 4.98 Å². The highest BCUT2D eigenvalue weighted by Gasteiger charge is 2.42. The maximum Gasteiger partial charge on any atom is 0.174 e. The van der Waals surface area contributed by atoms with Crippen molar-refractivity contribution < 1.29 is 9.47 Å². The first kappa shape index (κ1) is 26.3. The molecule has 0 radical (unpaired) electrons. The first-order valence-electron chi connectivity index (χ1n) is 13.9. The number of aryl methyl sites for hydroxylation is 1. The van der Waals surface area contributed by atoms with E-state index in [-0.39, 0.29) is 12.1 Å². The molecule has 7 nitrogen and oxygen atoms in total. The molecule has 0 amide bonds. The Morgan fingerprint density at radius 3 is 2.33 bits per heavy atom. The van der Waals surface area contributed by atoms with Gasteiger partial charge in [0, 0.05) is 47.7 Å². The lowest BCUT2D eigenvalue weighted by Crippen LogP contribution is -2.36. The van der Waals surface area contributed by atoms with Gasteiger partial charge in [-0.1, -0.05) is 6.07 Å². The monoisotopic (exact) mass is 553 g/mol. The molecule has 0 spiro atoms. The third-order valence-corrected chi connectivity index (χ3v) is 8.11. The lowest BCUT2D eigenvalue weighted by atomic mass is 9.96. The highest BCUT2D eigenvalue weighted by atomic mass is 32.1. The molecular weight excluding hydrogens is 518 g/mol. The molecule has 6 rings (SSSR count). The lowest BCUT2D eigenvalue weighted by Gasteiger charge is -2.29. The second kappa shape index (κ2) is 11.3. The minimum Gasteiger partial charge on any atom is -0.494 e. The minimum absolute atomic E-state index is 0.0760. The Morgan fingerprint density at radius 2 is 1.65 bits per heavy atom. The average molecular weight is 554 g/mol. The summed E-state index contributed by atoms with van der Waals surface area (Å²) in [5.74, 6) is 0.848. The predicted molar refractivity (Wildman–Crippen MR) is 164 cm³/mol. The number of nitrogens with one attached hydrogen (secondary N) is 1. The number of nitrogens with zero attached hydrogens (tertiary/aromatic N) is 4. The smallest absolute Gasteiger partial charge is 0.174 e. The fraction of sp³-hybridized carbons (Fsp3) is 0.312. The highest BCUT2D eigenvalue weighted by Crippen LogP contribution is 2.44. The molecule has 2 atom stereocenters. The highest BCUT2D eigenvalue weighted by molar-refractivity contribution is 7.80. The number of hydrogen-bond acceptors (Lipinski definition) is 5. The Bertz CT molecular complexity index is 1460. The number of pyridine rings is 1. The molecule has 0 saturated carbocycles. The molecule has 2 saturated heterocycles. The van der Waals surface area contributed by atoms with E-state index >= 15 is 0 Å². The molecule has 2 aromatic carbocycles. The number of aromatic nitrogens is 2. The van der Waals surface area contributed by atoms with Gasteiger partial charge in [0.1, 0.15) is 5.75 Å². The van der Waals surface area contributed by atoms with Crippen molar-refractivity contribution in [1.82, 2.24) is 14.9 Å². The van der Waals surface area contributed by atoms with E-state index in [0.29, 0.717) is 11.7 Å². The zero-order chi connectivity index (χ0) is 27.6. The minimum atomic E-state index is -0.0992. The summed E-state index contributed by atoms with van der Waals surface area (Å²) < 4.78 is 13.6. The normalized spacial score (nSPS) is 19.1. The van der Waals surface area contributed by atoms with Gasteiger partial charge < -0.3 is 29.2 Å². The van der Waals surface area contributed by atoms with E-state index in [0.717, 1.165) is 49.1 Å². The standard InChI is InChI=1S/C32H35N5O2S/c1-4-39-27-14-12-26(13-15-27)37-31(30(34-32(37)40)29-7-5-6-16-33-29)28-21-22(2)36(23(28)3)25-10-8-24(9-11-25)35-17-19-38-20-18-35/h5-16,21,30-31H,4,17-20H2,1-3H3,(H,34,40)/t30-,31+/m1/s1. The van der Waals surface area contributed by atoms with Gasteiger partial charge >= 0.3 is 0 Å². The van der Waals surface area contributed by atoms with E-state index in [1.54, 1.807) is 0 Å². The number of thiocarbonyl (C=S) groups is 1. The summed E-state index contributed by atoms with van der Waals surface area (Å²) in [6, 6.07) is 25.2. The molecule has 8 heteroatoms. The van der Waals surface area contributed by atoms with Crippen LogP contribution < -0.4 is 19.9 Å². The third-order valence-electron chi connectivity index (χ3n) is 7.80. The van der Waals surface area contributed by atoms with Crippen molar-refractivity contribution in [3.8, 4) is 11.4 Å². The SMILES string of the molecule is CCOc1ccc(N2C(=S)N[C@H](c3ccccn3)[C@@H]2c2cc(C)n(-c3ccc(N4CCOCC4)cc3)c2C)cc1. The summed E-state index contributed by atoms with van der Waals surface area (Å²) in [5, 5.41) is 4.27. The first-order chi connectivity index (χ1) is 19.5. The Morgan fingerprint density at radius 1 is 0.950 bits per heavy atom. The lowest BCUT2D eigenvalue weighted by molar-refractivity contribution is 0.122. The molecule has 2 aliphatic heterocycles. The van der Waals surface area contributed by atoms with E-state index < -0.39 is 0 Å². The predicted octanol–water partition coefficient (Wildman–Crippen LogP) is 5.90. The molecule has 0 aliphatic carbocycles. The summed E-state index contributed by atoms with van der Waals surface area (Å²) in [4.78, 5) is 9.32. The molecule has 2 aliphatic rings. The summed E-state index contributed by atoms with van der Waals surface area (Å²) in [5.41, 5.74) is 7.94. The zero-order valence-corrected chi connectivity index (χ0v) is 24.0. The van der Waals surface area contributed by atoms with Crippen LogP contribution >= 0.6 is 12.2 Å². The number of morpholine rings is 1. The number of anilines is 2. The van der Waals surface area contributed by atoms with Crippen molar-refractivity contribution in [2.24, 2.45) is 0 Å². The second-order valence-corrected chi connectivity index (χ2v) is 10.6. The molecule has 206 valence electrons. The van der Waals surface area contributed by atoms with Crippen LogP contribution in [-0.4, -0.2) is 47.6 Å². The van der Waals surface area contributed by atoms with Crippen molar-refractivity contribution in [2.45, 2.75) is 32.9 Å². The molecule has 2 fully saturated rings. The maximum atomic E-state index is 5.95. The number of rotatable bonds is 7. The van der Waals surface area contributed by atoms with Crippen LogP contribution in [0.3, 0.4) is 0 Å². The summed E-state index contributed by atoms with van der Waals surface area (Å²) in [6.07, 6.45) is 1.84. The van der Waals surface area contributed by atoms with Gasteiger partial charge in [0.15, 0.2) is 5.11 Å². The number of hydrogen-bond donors (Lipinski definition) is 1. The molecule has 0 unspecified atom stereocenters. The van der Waals surface area contributed by atoms with Crippen LogP contribution in [0.15, 0.2) is 79.0 Å². The second-order valence-electron chi connectivity index (χ2n) is 10.2. The third kappa shape index (κ3) is 4.93. The zero-order valence-electron chi connectivity index (χ0n) is 23.2. The molecule has 4 aromatic rings. The molecule has 40 heavy (non-hydrogen) atoms. The summed E-state index contributed by atoms with van der Waals surface area (Å²) in [6.45, 7) is 10.4. The molecule has 1 N–H and O–H groups in total. The van der Waals surface area contributed by atoms with Crippen LogP contribution in [0.2, 0.25) is 0 Å². The van der Waals surface area contributed by atoms with Crippen molar-refractivity contribution in [1.29, 1.82) is 0 Å². The fourth-order valence-corrected chi connectivity index (χ4v) is 6.28. The van der Waals surface area contributed by atoms with Crippen molar-refractivity contribution in [2.75, 3.05) is 42.7 Å². The van der Waals surface area contributed by atoms with Crippen LogP contribution in [0.1, 0.15) is 41.7 Å². The van der Waals surface area contributed by atoms with Crippen LogP contribution in [0.25, 0.3) is 5.69 Å². The van der Waals surface area contributed by atoms with E-state index in [2.05, 4.69) is 82.1 Å². The van der Waals surface area contributed by atoms with Crippen molar-refractivity contribution in [3.05, 3.63) is 102 Å². The van der Waals surface area contributed by atoms with E-state index in [1.807, 2.05) is 37.4 Å². The summed E-state index contributed by atoms with van der Waals surface area (Å²) in [7, 11) is 0. The van der Waals surface area contributed by atoms with Crippen LogP contribution in [0.4, 0.5) is 11.4 Å². The Hall–Kier alpha value is -3.88. The van der Waals surface area contributed by atoms with Gasteiger partial charge in [-0.05, 0) is 105 Å². The van der Waals surface area contributed by atoms with Gasteiger partial charge in [-0.2, -0.15) is 0 Å². The van der Waals surface area contributed by atoms with E-state index in [4.69, 9.17) is 26.7 Å². The van der Waals surface area contributed by atoms with Gasteiger partial charge in [0.05, 0.1) is 37.6 Å². The van der Waals surface area contributed by atoms with Gasteiger partial charge in [-0.25, -0.2) is 0 Å². The molecular formula is C32H35N5O2S. The van der Waals surface area contributed by atoms with E-state index in [1.165, 1.54) is 22.6 Å². The molecule has 4 heterocycles. The average Bonchev–Trinajstić information content (AvgIpc) is 3.49. The first-order valence-corrected chi connectivity index (χ1v) is 14.3. The number of ether oxygens (including phenoxy) is 2. The Labute approximate surface area is 241 Å². The summed E-state index contributed by atoms with van der Waals surface area (Å²) >= 11 is 5.95. The quantitative estimate of drug-likeness (QED) is 0.286. The Kier molecular flexibility index (Phi) is 7.45. The Balaban J connectivity index is 1.40. The number of benzene rings is 2.